The van der Waals surface area contributed by atoms with Gasteiger partial charge < -0.3 is 9.97 Å². The Hall–Kier alpha value is -5.10. The van der Waals surface area contributed by atoms with Crippen molar-refractivity contribution in [1.29, 1.82) is 0 Å². The zero-order valence-electron chi connectivity index (χ0n) is 25.3. The second-order valence-electron chi connectivity index (χ2n) is 11.4. The fraction of sp³-hybridized carbons (Fsp3) is 0.211. The van der Waals surface area contributed by atoms with Gasteiger partial charge in [0.1, 0.15) is 0 Å². The van der Waals surface area contributed by atoms with Gasteiger partial charge in [0.25, 0.3) is 0 Å². The number of fused-ring (bicyclic) bond motifs is 8. The summed E-state index contributed by atoms with van der Waals surface area (Å²) in [6.07, 6.45) is 22.2. The minimum absolute atomic E-state index is 0.910. The molecule has 0 saturated heterocycles. The zero-order valence-corrected chi connectivity index (χ0v) is 25.3. The van der Waals surface area contributed by atoms with Crippen molar-refractivity contribution in [3.63, 3.8) is 0 Å². The highest BCUT2D eigenvalue weighted by Crippen LogP contribution is 2.34. The van der Waals surface area contributed by atoms with Crippen LogP contribution in [0, 0.1) is 0 Å². The van der Waals surface area contributed by atoms with Crippen molar-refractivity contribution in [2.45, 2.75) is 52.4 Å². The highest BCUT2D eigenvalue weighted by molar-refractivity contribution is 5.94. The lowest BCUT2D eigenvalue weighted by Gasteiger charge is -2.06. The first-order chi connectivity index (χ1) is 21.7. The first-order valence-corrected chi connectivity index (χ1v) is 15.7. The topological polar surface area (TPSA) is 83.1 Å². The van der Waals surface area contributed by atoms with Gasteiger partial charge in [0.05, 0.1) is 22.8 Å². The van der Waals surface area contributed by atoms with Crippen LogP contribution in [0.15, 0.2) is 73.3 Å². The molecule has 0 amide bonds. The van der Waals surface area contributed by atoms with Crippen LogP contribution < -0.4 is 0 Å². The van der Waals surface area contributed by atoms with Crippen LogP contribution in [-0.4, -0.2) is 29.9 Å². The van der Waals surface area contributed by atoms with Gasteiger partial charge >= 0.3 is 0 Å². The smallest absolute Gasteiger partial charge is 0.0737 e. The lowest BCUT2D eigenvalue weighted by molar-refractivity contribution is 0.788. The van der Waals surface area contributed by atoms with E-state index in [-0.39, 0.29) is 0 Å². The number of aromatic amines is 2. The molecule has 218 valence electrons. The van der Waals surface area contributed by atoms with E-state index in [0.29, 0.717) is 0 Å². The Balaban J connectivity index is 1.64. The van der Waals surface area contributed by atoms with E-state index in [4.69, 9.17) is 9.97 Å². The van der Waals surface area contributed by atoms with E-state index >= 15 is 0 Å². The predicted molar refractivity (Wildman–Crippen MR) is 183 cm³/mol. The molecular formula is C38H36N6. The van der Waals surface area contributed by atoms with Crippen molar-refractivity contribution in [2.75, 3.05) is 0 Å². The number of rotatable bonds is 8. The van der Waals surface area contributed by atoms with Gasteiger partial charge in [0, 0.05) is 63.5 Å². The van der Waals surface area contributed by atoms with Gasteiger partial charge in [0.15, 0.2) is 0 Å². The summed E-state index contributed by atoms with van der Waals surface area (Å²) in [6.45, 7) is 4.47. The molecule has 0 fully saturated rings. The number of hydrogen-bond donors (Lipinski definition) is 2. The Labute approximate surface area is 257 Å². The summed E-state index contributed by atoms with van der Waals surface area (Å²) in [5.41, 5.74) is 14.9. The molecule has 5 aromatic heterocycles. The molecule has 0 aliphatic carbocycles. The van der Waals surface area contributed by atoms with Crippen LogP contribution in [-0.2, 0) is 12.8 Å². The second-order valence-corrected chi connectivity index (χ2v) is 11.4. The fourth-order valence-electron chi connectivity index (χ4n) is 6.20. The van der Waals surface area contributed by atoms with E-state index in [1.807, 2.05) is 24.8 Å². The summed E-state index contributed by atoms with van der Waals surface area (Å²) in [5.74, 6) is 0. The van der Waals surface area contributed by atoms with Gasteiger partial charge in [-0.2, -0.15) is 0 Å². The Bertz CT molecular complexity index is 1890. The van der Waals surface area contributed by atoms with Gasteiger partial charge in [-0.15, -0.1) is 0 Å². The Morgan fingerprint density at radius 3 is 1.34 bits per heavy atom. The monoisotopic (exact) mass is 576 g/mol. The minimum atomic E-state index is 0.910. The highest BCUT2D eigenvalue weighted by atomic mass is 14.8. The molecule has 2 N–H and O–H groups in total. The average Bonchev–Trinajstić information content (AvgIpc) is 3.89. The molecular weight excluding hydrogens is 540 g/mol. The van der Waals surface area contributed by atoms with Crippen LogP contribution in [0.3, 0.4) is 0 Å². The van der Waals surface area contributed by atoms with Gasteiger partial charge in [-0.3, -0.25) is 9.97 Å². The van der Waals surface area contributed by atoms with Gasteiger partial charge in [0.2, 0.25) is 0 Å². The van der Waals surface area contributed by atoms with Crippen LogP contribution in [0.1, 0.15) is 73.4 Å². The number of aromatic nitrogens is 6. The first kappa shape index (κ1) is 27.7. The molecule has 5 aromatic rings. The maximum atomic E-state index is 5.27. The van der Waals surface area contributed by atoms with E-state index < -0.39 is 0 Å². The molecule has 0 aromatic carbocycles. The molecule has 0 spiro atoms. The maximum absolute atomic E-state index is 5.27. The molecule has 2 aliphatic heterocycles. The summed E-state index contributed by atoms with van der Waals surface area (Å²) in [7, 11) is 0. The molecule has 0 radical (unpaired) electrons. The number of unbranched alkanes of at least 4 members (excludes halogenated alkanes) is 2. The Morgan fingerprint density at radius 2 is 0.886 bits per heavy atom. The standard InChI is InChI=1S/C38H36N6/c1-3-5-7-27-29-9-13-33(41-29)37(25-17-21-39-22-18-25)35-15-11-31(43-35)28(8-6-4-2)32-12-16-36(44-32)38(26-19-23-40-24-20-26)34-14-10-30(27)42-34/h9-24,41-42H,3-8H2,1-2H3. The minimum Gasteiger partial charge on any atom is -0.355 e. The van der Waals surface area contributed by atoms with Crippen molar-refractivity contribution < 1.29 is 0 Å². The van der Waals surface area contributed by atoms with E-state index in [0.717, 1.165) is 106 Å². The molecule has 7 rings (SSSR count). The van der Waals surface area contributed by atoms with Crippen LogP contribution in [0.5, 0.6) is 0 Å². The largest absolute Gasteiger partial charge is 0.355 e. The summed E-state index contributed by atoms with van der Waals surface area (Å²) in [4.78, 5) is 26.7. The lowest BCUT2D eigenvalue weighted by Crippen LogP contribution is -1.95. The summed E-state index contributed by atoms with van der Waals surface area (Å²) >= 11 is 0. The molecule has 7 heterocycles. The number of hydrogen-bond acceptors (Lipinski definition) is 4. The van der Waals surface area contributed by atoms with Crippen LogP contribution in [0.4, 0.5) is 0 Å². The van der Waals surface area contributed by atoms with E-state index in [1.54, 1.807) is 0 Å². The van der Waals surface area contributed by atoms with Crippen LogP contribution in [0.2, 0.25) is 0 Å². The predicted octanol–water partition coefficient (Wildman–Crippen LogP) is 9.46. The summed E-state index contributed by atoms with van der Waals surface area (Å²) < 4.78 is 0. The van der Waals surface area contributed by atoms with Crippen molar-refractivity contribution >= 4 is 46.4 Å². The molecule has 0 atom stereocenters. The molecule has 2 aliphatic rings. The normalized spacial score (nSPS) is 12.2. The maximum Gasteiger partial charge on any atom is 0.0737 e. The molecule has 8 bridgehead atoms. The molecule has 0 saturated carbocycles. The lowest BCUT2D eigenvalue weighted by atomic mass is 10.0. The van der Waals surface area contributed by atoms with Gasteiger partial charge in [-0.1, -0.05) is 26.7 Å². The van der Waals surface area contributed by atoms with Crippen molar-refractivity contribution in [1.82, 2.24) is 29.9 Å². The molecule has 6 heteroatoms. The fourth-order valence-corrected chi connectivity index (χ4v) is 6.20. The molecule has 0 unspecified atom stereocenters. The first-order valence-electron chi connectivity index (χ1n) is 15.7. The highest BCUT2D eigenvalue weighted by Gasteiger charge is 2.18. The van der Waals surface area contributed by atoms with Gasteiger partial charge in [-0.25, -0.2) is 9.97 Å². The van der Waals surface area contributed by atoms with E-state index in [9.17, 15) is 0 Å². The van der Waals surface area contributed by atoms with Crippen molar-refractivity contribution in [3.8, 4) is 22.3 Å². The Morgan fingerprint density at radius 1 is 0.477 bits per heavy atom. The zero-order chi connectivity index (χ0) is 29.9. The number of aryl methyl sites for hydroxylation is 1. The molecule has 6 nitrogen and oxygen atoms in total. The van der Waals surface area contributed by atoms with Crippen molar-refractivity contribution in [3.05, 3.63) is 107 Å². The average molecular weight is 577 g/mol. The SMILES string of the molecule is CCCCc1c2nc(c(-c3ccncc3)c3ccc([nH]3)c(CCCC)c3ccc([nH]3)c(-c3ccncc3)c3nc1C=C3)C=C2. The third-order valence-corrected chi connectivity index (χ3v) is 8.47. The summed E-state index contributed by atoms with van der Waals surface area (Å²) in [5, 5.41) is 0. The van der Waals surface area contributed by atoms with E-state index in [2.05, 4.69) is 107 Å². The third kappa shape index (κ3) is 5.28. The second kappa shape index (κ2) is 12.3. The number of nitrogens with one attached hydrogen (secondary N) is 2. The molecule has 44 heavy (non-hydrogen) atoms. The van der Waals surface area contributed by atoms with E-state index in [1.165, 1.54) is 11.1 Å². The van der Waals surface area contributed by atoms with Gasteiger partial charge in [-0.05, 0) is 115 Å². The van der Waals surface area contributed by atoms with Crippen molar-refractivity contribution in [2.24, 2.45) is 0 Å². The van der Waals surface area contributed by atoms with Crippen LogP contribution in [0.25, 0.3) is 68.6 Å². The summed E-state index contributed by atoms with van der Waals surface area (Å²) in [6, 6.07) is 17.0. The number of pyridine rings is 2. The van der Waals surface area contributed by atoms with Crippen LogP contribution >= 0.6 is 0 Å². The number of H-pyrrole nitrogens is 2. The third-order valence-electron chi connectivity index (χ3n) is 8.47. The number of nitrogens with zero attached hydrogens (tertiary/aromatic N) is 4. The quantitative estimate of drug-likeness (QED) is 0.189. The Kier molecular flexibility index (Phi) is 7.72.